The molecule has 0 saturated carbocycles. The topological polar surface area (TPSA) is 71.9 Å². The van der Waals surface area contributed by atoms with Gasteiger partial charge < -0.3 is 10.1 Å². The Labute approximate surface area is 173 Å². The number of carbonyl (C=O) groups is 1. The molecule has 3 aromatic rings. The molecule has 146 valence electrons. The largest absolute Gasteiger partial charge is 0.497 e. The summed E-state index contributed by atoms with van der Waals surface area (Å²) in [6.45, 7) is 2.36. The lowest BCUT2D eigenvalue weighted by Gasteiger charge is -2.15. The number of carbonyl (C=O) groups excluding carboxylic acids is 1. The molecule has 28 heavy (non-hydrogen) atoms. The van der Waals surface area contributed by atoms with Crippen molar-refractivity contribution in [2.75, 3.05) is 7.11 Å². The second kappa shape index (κ2) is 9.03. The zero-order valence-electron chi connectivity index (χ0n) is 15.6. The number of hydrogen-bond donors (Lipinski definition) is 2. The highest BCUT2D eigenvalue weighted by molar-refractivity contribution is 7.71. The zero-order valence-corrected chi connectivity index (χ0v) is 17.2. The molecule has 2 aromatic carbocycles. The highest BCUT2D eigenvalue weighted by atomic mass is 35.5. The molecule has 8 heteroatoms. The molecular formula is C20H21ClN4O2S. The van der Waals surface area contributed by atoms with E-state index < -0.39 is 0 Å². The van der Waals surface area contributed by atoms with Gasteiger partial charge >= 0.3 is 0 Å². The first-order chi connectivity index (χ1) is 13.5. The standard InChI is InChI=1S/C20H21ClN4O2S/c1-13(14-3-7-16(21)8-4-14)22-18(26)11-12-25-19(23-24-20(25)28)15-5-9-17(27-2)10-6-15/h3-10,13H,11-12H2,1-2H3,(H,22,26)(H,24,28). The lowest BCUT2D eigenvalue weighted by atomic mass is 10.1. The third kappa shape index (κ3) is 4.79. The molecule has 1 amide bonds. The lowest BCUT2D eigenvalue weighted by molar-refractivity contribution is -0.121. The Hall–Kier alpha value is -2.64. The molecule has 0 spiro atoms. The van der Waals surface area contributed by atoms with Crippen LogP contribution in [0.2, 0.25) is 5.02 Å². The van der Waals surface area contributed by atoms with Gasteiger partial charge in [0.15, 0.2) is 10.6 Å². The van der Waals surface area contributed by atoms with Crippen LogP contribution < -0.4 is 10.1 Å². The van der Waals surface area contributed by atoms with Crippen LogP contribution in [0.4, 0.5) is 0 Å². The number of aromatic nitrogens is 3. The maximum Gasteiger partial charge on any atom is 0.222 e. The minimum absolute atomic E-state index is 0.0637. The number of rotatable bonds is 7. The van der Waals surface area contributed by atoms with Crippen LogP contribution in [-0.2, 0) is 11.3 Å². The van der Waals surface area contributed by atoms with Crippen LogP contribution in [0.5, 0.6) is 5.75 Å². The van der Waals surface area contributed by atoms with Crippen LogP contribution in [0.25, 0.3) is 11.4 Å². The van der Waals surface area contributed by atoms with Crippen molar-refractivity contribution in [2.24, 2.45) is 0 Å². The summed E-state index contributed by atoms with van der Waals surface area (Å²) in [7, 11) is 1.62. The first-order valence-corrected chi connectivity index (χ1v) is 9.61. The van der Waals surface area contributed by atoms with E-state index in [2.05, 4.69) is 15.5 Å². The number of benzene rings is 2. The minimum atomic E-state index is -0.108. The van der Waals surface area contributed by atoms with Gasteiger partial charge in [-0.05, 0) is 61.1 Å². The van der Waals surface area contributed by atoms with Crippen LogP contribution in [0.15, 0.2) is 48.5 Å². The predicted octanol–water partition coefficient (Wildman–Crippen LogP) is 4.54. The number of nitrogens with zero attached hydrogens (tertiary/aromatic N) is 2. The fourth-order valence-corrected chi connectivity index (χ4v) is 3.20. The van der Waals surface area contributed by atoms with E-state index in [1.165, 1.54) is 0 Å². The van der Waals surface area contributed by atoms with Crippen molar-refractivity contribution >= 4 is 29.7 Å². The Morgan fingerprint density at radius 2 is 1.93 bits per heavy atom. The van der Waals surface area contributed by atoms with Crippen molar-refractivity contribution in [1.29, 1.82) is 0 Å². The molecule has 0 fully saturated rings. The average Bonchev–Trinajstić information content (AvgIpc) is 3.07. The molecule has 1 unspecified atom stereocenters. The van der Waals surface area contributed by atoms with E-state index in [1.807, 2.05) is 60.0 Å². The maximum absolute atomic E-state index is 12.4. The first-order valence-electron chi connectivity index (χ1n) is 8.82. The highest BCUT2D eigenvalue weighted by Crippen LogP contribution is 2.21. The summed E-state index contributed by atoms with van der Waals surface area (Å²) in [5.41, 5.74) is 1.89. The zero-order chi connectivity index (χ0) is 20.1. The summed E-state index contributed by atoms with van der Waals surface area (Å²) < 4.78 is 7.48. The summed E-state index contributed by atoms with van der Waals surface area (Å²) >= 11 is 11.2. The molecule has 0 aliphatic heterocycles. The van der Waals surface area contributed by atoms with E-state index in [-0.39, 0.29) is 18.4 Å². The van der Waals surface area contributed by atoms with E-state index >= 15 is 0 Å². The number of H-pyrrole nitrogens is 1. The molecule has 1 aromatic heterocycles. The average molecular weight is 417 g/mol. The molecule has 6 nitrogen and oxygen atoms in total. The number of ether oxygens (including phenoxy) is 1. The summed E-state index contributed by atoms with van der Waals surface area (Å²) in [4.78, 5) is 12.4. The number of halogens is 1. The monoisotopic (exact) mass is 416 g/mol. The fourth-order valence-electron chi connectivity index (χ4n) is 2.85. The Morgan fingerprint density at radius 1 is 1.25 bits per heavy atom. The summed E-state index contributed by atoms with van der Waals surface area (Å²) in [6, 6.07) is 14.9. The van der Waals surface area contributed by atoms with Crippen molar-refractivity contribution in [3.63, 3.8) is 0 Å². The van der Waals surface area contributed by atoms with Gasteiger partial charge in [-0.25, -0.2) is 0 Å². The predicted molar refractivity (Wildman–Crippen MR) is 112 cm³/mol. The van der Waals surface area contributed by atoms with Crippen molar-refractivity contribution in [3.8, 4) is 17.1 Å². The molecule has 0 radical (unpaired) electrons. The SMILES string of the molecule is COc1ccc(-c2n[nH]c(=S)n2CCC(=O)NC(C)c2ccc(Cl)cc2)cc1. The van der Waals surface area contributed by atoms with Gasteiger partial charge in [0.05, 0.1) is 13.2 Å². The Balaban J connectivity index is 1.65. The van der Waals surface area contributed by atoms with Gasteiger partial charge in [-0.2, -0.15) is 5.10 Å². The van der Waals surface area contributed by atoms with Crippen molar-refractivity contribution in [1.82, 2.24) is 20.1 Å². The van der Waals surface area contributed by atoms with Gasteiger partial charge in [-0.15, -0.1) is 0 Å². The summed E-state index contributed by atoms with van der Waals surface area (Å²) in [6.07, 6.45) is 0.287. The smallest absolute Gasteiger partial charge is 0.222 e. The van der Waals surface area contributed by atoms with Gasteiger partial charge in [0.1, 0.15) is 5.75 Å². The summed E-state index contributed by atoms with van der Waals surface area (Å²) in [5.74, 6) is 1.39. The molecule has 2 N–H and O–H groups in total. The Bertz CT molecular complexity index is 996. The van der Waals surface area contributed by atoms with E-state index in [0.717, 1.165) is 16.9 Å². The molecule has 0 saturated heterocycles. The van der Waals surface area contributed by atoms with Gasteiger partial charge in [0.25, 0.3) is 0 Å². The normalized spacial score (nSPS) is 11.8. The van der Waals surface area contributed by atoms with Crippen molar-refractivity contribution < 1.29 is 9.53 Å². The third-order valence-corrected chi connectivity index (χ3v) is 4.98. The number of amides is 1. The fraction of sp³-hybridized carbons (Fsp3) is 0.250. The van der Waals surface area contributed by atoms with E-state index in [1.54, 1.807) is 7.11 Å². The quantitative estimate of drug-likeness (QED) is 0.555. The second-order valence-corrected chi connectivity index (χ2v) is 7.15. The molecule has 0 aliphatic rings. The highest BCUT2D eigenvalue weighted by Gasteiger charge is 2.13. The van der Waals surface area contributed by atoms with Crippen LogP contribution >= 0.6 is 23.8 Å². The number of hydrogen-bond acceptors (Lipinski definition) is 4. The molecule has 0 aliphatic carbocycles. The van der Waals surface area contributed by atoms with E-state index in [4.69, 9.17) is 28.6 Å². The Kier molecular flexibility index (Phi) is 6.49. The number of aromatic amines is 1. The second-order valence-electron chi connectivity index (χ2n) is 6.32. The molecule has 3 rings (SSSR count). The molecule has 1 atom stereocenters. The van der Waals surface area contributed by atoms with Crippen LogP contribution in [0, 0.1) is 4.77 Å². The lowest BCUT2D eigenvalue weighted by Crippen LogP contribution is -2.27. The molecule has 0 bridgehead atoms. The Morgan fingerprint density at radius 3 is 2.57 bits per heavy atom. The van der Waals surface area contributed by atoms with Crippen LogP contribution in [-0.4, -0.2) is 27.8 Å². The molecule has 1 heterocycles. The van der Waals surface area contributed by atoms with Crippen molar-refractivity contribution in [2.45, 2.75) is 25.9 Å². The van der Waals surface area contributed by atoms with E-state index in [0.29, 0.717) is 22.2 Å². The molecular weight excluding hydrogens is 396 g/mol. The van der Waals surface area contributed by atoms with Crippen LogP contribution in [0.3, 0.4) is 0 Å². The van der Waals surface area contributed by atoms with Gasteiger partial charge in [-0.1, -0.05) is 23.7 Å². The van der Waals surface area contributed by atoms with E-state index in [9.17, 15) is 4.79 Å². The number of nitrogens with one attached hydrogen (secondary N) is 2. The van der Waals surface area contributed by atoms with Gasteiger partial charge in [-0.3, -0.25) is 14.5 Å². The van der Waals surface area contributed by atoms with Gasteiger partial charge in [0.2, 0.25) is 5.91 Å². The van der Waals surface area contributed by atoms with Gasteiger partial charge in [0, 0.05) is 23.6 Å². The van der Waals surface area contributed by atoms with Crippen LogP contribution in [0.1, 0.15) is 24.9 Å². The maximum atomic E-state index is 12.4. The first kappa shape index (κ1) is 20.1. The van der Waals surface area contributed by atoms with Crippen molar-refractivity contribution in [3.05, 3.63) is 63.9 Å². The summed E-state index contributed by atoms with van der Waals surface area (Å²) in [5, 5.41) is 10.8. The minimum Gasteiger partial charge on any atom is -0.497 e. The third-order valence-electron chi connectivity index (χ3n) is 4.42. The number of methoxy groups -OCH3 is 1.